The lowest BCUT2D eigenvalue weighted by Gasteiger charge is -2.23. The summed E-state index contributed by atoms with van der Waals surface area (Å²) in [6.07, 6.45) is 11.4. The standard InChI is InChI=1S/C25H34Cl2F2N4O3S/c1-15-7-5-8-18(19-11-16(2)24(29)30-14-19)13-20(15)23(27)32-31-22(9-6-10-28)21(26)12-17(3)25(34)33-37(4,35)36/h7-9,13-14,16-17,21,23,31-32H,5-6,10-12H2,1-4H3,(H,33,34)/b22-9+. The van der Waals surface area contributed by atoms with Gasteiger partial charge in [0.15, 0.2) is 5.97 Å². The Kier molecular flexibility index (Phi) is 12.0. The van der Waals surface area contributed by atoms with Crippen LogP contribution < -0.4 is 15.6 Å². The summed E-state index contributed by atoms with van der Waals surface area (Å²) in [7, 11) is -3.70. The van der Waals surface area contributed by atoms with E-state index in [1.807, 2.05) is 29.9 Å². The third-order valence-electron chi connectivity index (χ3n) is 5.90. The normalized spacial score (nSPS) is 21.4. The van der Waals surface area contributed by atoms with Crippen LogP contribution in [0.5, 0.6) is 0 Å². The number of sulfonamides is 1. The van der Waals surface area contributed by atoms with Crippen LogP contribution in [0.4, 0.5) is 8.78 Å². The lowest BCUT2D eigenvalue weighted by molar-refractivity contribution is -0.122. The molecule has 1 aliphatic heterocycles. The number of aliphatic imine (C=N–C) groups is 1. The lowest BCUT2D eigenvalue weighted by Crippen LogP contribution is -2.41. The zero-order valence-electron chi connectivity index (χ0n) is 21.3. The van der Waals surface area contributed by atoms with Crippen molar-refractivity contribution in [1.29, 1.82) is 0 Å². The van der Waals surface area contributed by atoms with E-state index in [2.05, 4.69) is 15.8 Å². The van der Waals surface area contributed by atoms with Gasteiger partial charge in [0.1, 0.15) is 5.50 Å². The largest absolute Gasteiger partial charge is 0.323 e. The number of allylic oxidation sites excluding steroid dienone is 7. The molecule has 0 saturated carbocycles. The number of rotatable bonds is 12. The molecule has 37 heavy (non-hydrogen) atoms. The Morgan fingerprint density at radius 3 is 2.65 bits per heavy atom. The van der Waals surface area contributed by atoms with Crippen LogP contribution in [0.3, 0.4) is 0 Å². The first kappa shape index (κ1) is 31.2. The molecule has 12 heteroatoms. The Balaban J connectivity index is 2.14. The van der Waals surface area contributed by atoms with Gasteiger partial charge in [0.2, 0.25) is 15.9 Å². The minimum absolute atomic E-state index is 0.0853. The first-order chi connectivity index (χ1) is 17.3. The number of hydrogen-bond acceptors (Lipinski definition) is 6. The van der Waals surface area contributed by atoms with E-state index in [1.54, 1.807) is 26.1 Å². The molecule has 0 aromatic heterocycles. The maximum Gasteiger partial charge on any atom is 0.236 e. The smallest absolute Gasteiger partial charge is 0.236 e. The number of amides is 1. The zero-order chi connectivity index (χ0) is 27.8. The second kappa shape index (κ2) is 14.2. The van der Waals surface area contributed by atoms with Crippen LogP contribution >= 0.6 is 23.2 Å². The van der Waals surface area contributed by atoms with Crippen LogP contribution in [-0.2, 0) is 14.8 Å². The summed E-state index contributed by atoms with van der Waals surface area (Å²) in [5.74, 6) is -2.09. The molecule has 1 amide bonds. The average molecular weight is 580 g/mol. The van der Waals surface area contributed by atoms with Gasteiger partial charge in [-0.1, -0.05) is 43.7 Å². The van der Waals surface area contributed by atoms with Crippen molar-refractivity contribution in [2.75, 3.05) is 12.9 Å². The van der Waals surface area contributed by atoms with Gasteiger partial charge in [-0.05, 0) is 61.0 Å². The second-order valence-corrected chi connectivity index (χ2v) is 11.9. The summed E-state index contributed by atoms with van der Waals surface area (Å²) in [4.78, 5) is 16.0. The molecule has 2 rings (SSSR count). The number of alkyl halides is 3. The van der Waals surface area contributed by atoms with Gasteiger partial charge in [-0.15, -0.1) is 11.6 Å². The van der Waals surface area contributed by atoms with Gasteiger partial charge < -0.3 is 5.43 Å². The molecule has 0 spiro atoms. The Morgan fingerprint density at radius 2 is 2.03 bits per heavy atom. The molecule has 1 heterocycles. The number of nitrogens with zero attached hydrogens (tertiary/aromatic N) is 1. The number of nitrogens with one attached hydrogen (secondary N) is 3. The highest BCUT2D eigenvalue weighted by Crippen LogP contribution is 2.31. The average Bonchev–Trinajstić information content (AvgIpc) is 3.01. The summed E-state index contributed by atoms with van der Waals surface area (Å²) in [6, 6.07) is 0. The highest BCUT2D eigenvalue weighted by atomic mass is 35.5. The molecule has 3 N–H and O–H groups in total. The minimum atomic E-state index is -3.70. The Morgan fingerprint density at radius 1 is 1.32 bits per heavy atom. The Labute approximate surface area is 227 Å². The first-order valence-electron chi connectivity index (χ1n) is 11.9. The second-order valence-electron chi connectivity index (χ2n) is 9.21. The minimum Gasteiger partial charge on any atom is -0.323 e. The summed E-state index contributed by atoms with van der Waals surface area (Å²) in [5.41, 5.74) is 9.16. The molecule has 2 aliphatic rings. The molecule has 0 bridgehead atoms. The predicted molar refractivity (Wildman–Crippen MR) is 146 cm³/mol. The van der Waals surface area contributed by atoms with Crippen molar-refractivity contribution in [2.24, 2.45) is 16.8 Å². The number of carbonyl (C=O) groups excluding carboxylic acids is 1. The van der Waals surface area contributed by atoms with Crippen LogP contribution in [-0.4, -0.2) is 44.1 Å². The zero-order valence-corrected chi connectivity index (χ0v) is 23.7. The van der Waals surface area contributed by atoms with E-state index in [9.17, 15) is 22.0 Å². The number of hydrazine groups is 1. The van der Waals surface area contributed by atoms with Gasteiger partial charge in [-0.25, -0.2) is 18.8 Å². The van der Waals surface area contributed by atoms with E-state index >= 15 is 0 Å². The molecule has 4 atom stereocenters. The summed E-state index contributed by atoms with van der Waals surface area (Å²) < 4.78 is 51.2. The number of carbonyl (C=O) groups is 1. The van der Waals surface area contributed by atoms with E-state index in [4.69, 9.17) is 23.2 Å². The number of hydrogen-bond donors (Lipinski definition) is 3. The van der Waals surface area contributed by atoms with E-state index in [0.29, 0.717) is 18.5 Å². The Hall–Kier alpha value is -2.01. The molecule has 1 aliphatic carbocycles. The molecular formula is C25H34Cl2F2N4O3S. The molecule has 7 nitrogen and oxygen atoms in total. The van der Waals surface area contributed by atoms with Gasteiger partial charge in [-0.3, -0.25) is 13.9 Å². The van der Waals surface area contributed by atoms with Crippen LogP contribution in [0.25, 0.3) is 0 Å². The number of halogens is 4. The molecule has 206 valence electrons. The van der Waals surface area contributed by atoms with E-state index in [-0.39, 0.29) is 24.7 Å². The molecule has 0 aromatic carbocycles. The van der Waals surface area contributed by atoms with Crippen molar-refractivity contribution in [2.45, 2.75) is 57.3 Å². The van der Waals surface area contributed by atoms with Crippen molar-refractivity contribution < 1.29 is 22.0 Å². The maximum atomic E-state index is 13.7. The molecular weight excluding hydrogens is 545 g/mol. The lowest BCUT2D eigenvalue weighted by atomic mass is 9.92. The van der Waals surface area contributed by atoms with Gasteiger partial charge in [0.05, 0.1) is 18.3 Å². The van der Waals surface area contributed by atoms with Gasteiger partial charge in [0, 0.05) is 23.7 Å². The van der Waals surface area contributed by atoms with Crippen LogP contribution in [0.1, 0.15) is 46.5 Å². The highest BCUT2D eigenvalue weighted by molar-refractivity contribution is 7.89. The quantitative estimate of drug-likeness (QED) is 0.170. The molecule has 0 fully saturated rings. The predicted octanol–water partition coefficient (Wildman–Crippen LogP) is 5.09. The van der Waals surface area contributed by atoms with Gasteiger partial charge >= 0.3 is 0 Å². The van der Waals surface area contributed by atoms with E-state index in [1.165, 1.54) is 0 Å². The summed E-state index contributed by atoms with van der Waals surface area (Å²) in [5, 5.41) is -0.750. The SMILES string of the molecule is CC1=CCC=C(C2=CN=C(F)C(C)C2)C=C1C(Cl)NN/C(=C/CCF)C(Cl)CC(C)C(=O)NS(C)(=O)=O. The molecule has 0 aromatic rings. The van der Waals surface area contributed by atoms with E-state index in [0.717, 1.165) is 28.5 Å². The maximum absolute atomic E-state index is 13.7. The van der Waals surface area contributed by atoms with Crippen LogP contribution in [0.15, 0.2) is 63.5 Å². The fourth-order valence-electron chi connectivity index (χ4n) is 3.76. The van der Waals surface area contributed by atoms with Crippen molar-refractivity contribution >= 4 is 45.1 Å². The summed E-state index contributed by atoms with van der Waals surface area (Å²) >= 11 is 13.2. The third-order valence-corrected chi connectivity index (χ3v) is 7.23. The fraction of sp³-hybridized carbons (Fsp3) is 0.520. The van der Waals surface area contributed by atoms with Crippen LogP contribution in [0, 0.1) is 11.8 Å². The molecule has 4 unspecified atom stereocenters. The monoisotopic (exact) mass is 578 g/mol. The fourth-order valence-corrected chi connectivity index (χ4v) is 5.03. The van der Waals surface area contributed by atoms with E-state index < -0.39 is 39.4 Å². The van der Waals surface area contributed by atoms with Crippen molar-refractivity contribution in [3.05, 3.63) is 58.5 Å². The van der Waals surface area contributed by atoms with Crippen molar-refractivity contribution in [3.63, 3.8) is 0 Å². The topological polar surface area (TPSA) is 99.7 Å². The third kappa shape index (κ3) is 10.00. The first-order valence-corrected chi connectivity index (χ1v) is 14.7. The molecule has 0 saturated heterocycles. The van der Waals surface area contributed by atoms with Crippen molar-refractivity contribution in [3.8, 4) is 0 Å². The van der Waals surface area contributed by atoms with Crippen molar-refractivity contribution in [1.82, 2.24) is 15.6 Å². The highest BCUT2D eigenvalue weighted by Gasteiger charge is 2.24. The Bertz CT molecular complexity index is 1150. The summed E-state index contributed by atoms with van der Waals surface area (Å²) in [6.45, 7) is 4.66. The van der Waals surface area contributed by atoms with Crippen LogP contribution in [0.2, 0.25) is 0 Å². The molecule has 0 radical (unpaired) electrons. The van der Waals surface area contributed by atoms with Gasteiger partial charge in [-0.2, -0.15) is 4.39 Å². The van der Waals surface area contributed by atoms with Gasteiger partial charge in [0.25, 0.3) is 0 Å².